The molecule has 25 heavy (non-hydrogen) atoms. The van der Waals surface area contributed by atoms with E-state index in [-0.39, 0.29) is 5.91 Å². The van der Waals surface area contributed by atoms with Crippen molar-refractivity contribution in [1.82, 2.24) is 5.32 Å². The van der Waals surface area contributed by atoms with E-state index in [0.29, 0.717) is 32.8 Å². The Morgan fingerprint density at radius 1 is 0.760 bits per heavy atom. The van der Waals surface area contributed by atoms with Gasteiger partial charge in [0.1, 0.15) is 0 Å². The molecule has 0 unspecified atom stereocenters. The lowest BCUT2D eigenvalue weighted by Crippen LogP contribution is -2.27. The molecule has 0 aromatic rings. The summed E-state index contributed by atoms with van der Waals surface area (Å²) in [6.45, 7) is 5.39. The quantitative estimate of drug-likeness (QED) is 0.238. The van der Waals surface area contributed by atoms with Gasteiger partial charge in [0, 0.05) is 25.5 Å². The third kappa shape index (κ3) is 21.6. The predicted molar refractivity (Wildman–Crippen MR) is 106 cm³/mol. The Balaban J connectivity index is 3.12. The molecular weight excluding hydrogens is 338 g/mol. The highest BCUT2D eigenvalue weighted by Crippen LogP contribution is 2.08. The highest BCUT2D eigenvalue weighted by Gasteiger charge is 2.00. The molecule has 0 saturated carbocycles. The van der Waals surface area contributed by atoms with E-state index >= 15 is 0 Å². The molecule has 0 spiro atoms. The van der Waals surface area contributed by atoms with E-state index in [1.807, 2.05) is 0 Å². The van der Waals surface area contributed by atoms with E-state index in [2.05, 4.69) is 12.2 Å². The first-order chi connectivity index (χ1) is 12.3. The molecule has 0 fully saturated rings. The van der Waals surface area contributed by atoms with Crippen molar-refractivity contribution < 1.29 is 14.3 Å². The largest absolute Gasteiger partial charge is 0.379 e. The second-order valence-corrected chi connectivity index (χ2v) is 6.93. The van der Waals surface area contributed by atoms with Crippen LogP contribution in [0.1, 0.15) is 84.0 Å². The van der Waals surface area contributed by atoms with Crippen molar-refractivity contribution in [3.63, 3.8) is 0 Å². The molecule has 150 valence electrons. The van der Waals surface area contributed by atoms with Crippen LogP contribution in [0.15, 0.2) is 0 Å². The minimum Gasteiger partial charge on any atom is -0.379 e. The molecule has 0 aliphatic carbocycles. The highest BCUT2D eigenvalue weighted by atomic mass is 35.5. The van der Waals surface area contributed by atoms with E-state index in [0.717, 1.165) is 38.2 Å². The van der Waals surface area contributed by atoms with Gasteiger partial charge >= 0.3 is 0 Å². The van der Waals surface area contributed by atoms with Gasteiger partial charge in [-0.3, -0.25) is 4.79 Å². The number of ether oxygens (including phenoxy) is 2. The molecule has 0 aliphatic rings. The fourth-order valence-corrected chi connectivity index (χ4v) is 2.76. The van der Waals surface area contributed by atoms with Crippen molar-refractivity contribution in [3.05, 3.63) is 0 Å². The van der Waals surface area contributed by atoms with Gasteiger partial charge in [-0.2, -0.15) is 0 Å². The molecule has 0 bridgehead atoms. The Kier molecular flexibility index (Phi) is 21.4. The number of rotatable bonds is 20. The first-order valence-corrected chi connectivity index (χ1v) is 10.8. The normalized spacial score (nSPS) is 11.0. The summed E-state index contributed by atoms with van der Waals surface area (Å²) in [4.78, 5) is 11.7. The van der Waals surface area contributed by atoms with Crippen LogP contribution in [0.4, 0.5) is 0 Å². The highest BCUT2D eigenvalue weighted by molar-refractivity contribution is 6.17. The van der Waals surface area contributed by atoms with Gasteiger partial charge in [0.2, 0.25) is 5.91 Å². The van der Waals surface area contributed by atoms with Gasteiger partial charge in [-0.05, 0) is 19.3 Å². The lowest BCUT2D eigenvalue weighted by molar-refractivity contribution is -0.121. The van der Waals surface area contributed by atoms with Crippen LogP contribution in [0, 0.1) is 0 Å². The number of nitrogens with one attached hydrogen (secondary N) is 1. The summed E-state index contributed by atoms with van der Waals surface area (Å²) in [6, 6.07) is 0. The van der Waals surface area contributed by atoms with E-state index in [9.17, 15) is 4.79 Å². The first-order valence-electron chi connectivity index (χ1n) is 10.3. The molecule has 0 saturated heterocycles. The van der Waals surface area contributed by atoms with Crippen molar-refractivity contribution in [2.24, 2.45) is 0 Å². The van der Waals surface area contributed by atoms with Crippen molar-refractivity contribution in [2.45, 2.75) is 84.0 Å². The van der Waals surface area contributed by atoms with Gasteiger partial charge in [-0.1, -0.05) is 58.3 Å². The Labute approximate surface area is 160 Å². The third-order valence-electron chi connectivity index (χ3n) is 4.12. The second kappa shape index (κ2) is 21.7. The second-order valence-electron chi connectivity index (χ2n) is 6.55. The number of unbranched alkanes of at least 4 members (excludes halogenated alkanes) is 9. The van der Waals surface area contributed by atoms with Crippen LogP contribution in [0.5, 0.6) is 0 Å². The SMILES string of the molecule is CCCCCCCCCC(=O)NCCOCCOCCCCCCCl. The van der Waals surface area contributed by atoms with Crippen LogP contribution in [-0.4, -0.2) is 44.8 Å². The molecule has 0 heterocycles. The number of halogens is 1. The summed E-state index contributed by atoms with van der Waals surface area (Å²) in [5.41, 5.74) is 0. The monoisotopic (exact) mass is 377 g/mol. The zero-order chi connectivity index (χ0) is 18.4. The Morgan fingerprint density at radius 3 is 2.08 bits per heavy atom. The molecule has 0 aromatic carbocycles. The summed E-state index contributed by atoms with van der Waals surface area (Å²) in [5.74, 6) is 0.898. The molecule has 0 aliphatic heterocycles. The van der Waals surface area contributed by atoms with Crippen LogP contribution in [-0.2, 0) is 14.3 Å². The van der Waals surface area contributed by atoms with Gasteiger partial charge in [0.25, 0.3) is 0 Å². The van der Waals surface area contributed by atoms with Crippen LogP contribution >= 0.6 is 11.6 Å². The van der Waals surface area contributed by atoms with Crippen molar-refractivity contribution in [1.29, 1.82) is 0 Å². The smallest absolute Gasteiger partial charge is 0.220 e. The molecule has 0 rings (SSSR count). The van der Waals surface area contributed by atoms with E-state index < -0.39 is 0 Å². The van der Waals surface area contributed by atoms with Gasteiger partial charge in [-0.25, -0.2) is 0 Å². The molecule has 5 heteroatoms. The molecule has 1 N–H and O–H groups in total. The Bertz CT molecular complexity index is 278. The predicted octanol–water partition coefficient (Wildman–Crippen LogP) is 5.08. The molecule has 0 atom stereocenters. The van der Waals surface area contributed by atoms with E-state index in [1.54, 1.807) is 0 Å². The summed E-state index contributed by atoms with van der Waals surface area (Å²) in [5, 5.41) is 2.91. The number of hydrogen-bond donors (Lipinski definition) is 1. The van der Waals surface area contributed by atoms with E-state index in [1.165, 1.54) is 44.9 Å². The maximum absolute atomic E-state index is 11.7. The topological polar surface area (TPSA) is 47.6 Å². The number of carbonyl (C=O) groups excluding carboxylic acids is 1. The summed E-state index contributed by atoms with van der Waals surface area (Å²) < 4.78 is 10.9. The summed E-state index contributed by atoms with van der Waals surface area (Å²) >= 11 is 5.62. The fourth-order valence-electron chi connectivity index (χ4n) is 2.57. The van der Waals surface area contributed by atoms with Crippen LogP contribution in [0.2, 0.25) is 0 Å². The minimum atomic E-state index is 0.144. The number of hydrogen-bond acceptors (Lipinski definition) is 3. The lowest BCUT2D eigenvalue weighted by atomic mass is 10.1. The maximum atomic E-state index is 11.7. The molecule has 4 nitrogen and oxygen atoms in total. The average molecular weight is 378 g/mol. The zero-order valence-corrected chi connectivity index (χ0v) is 17.1. The fraction of sp³-hybridized carbons (Fsp3) is 0.950. The Morgan fingerprint density at radius 2 is 1.36 bits per heavy atom. The lowest BCUT2D eigenvalue weighted by Gasteiger charge is -2.07. The van der Waals surface area contributed by atoms with Crippen molar-refractivity contribution in [2.75, 3.05) is 38.9 Å². The van der Waals surface area contributed by atoms with Crippen LogP contribution < -0.4 is 5.32 Å². The number of alkyl halides is 1. The van der Waals surface area contributed by atoms with Gasteiger partial charge in [-0.15, -0.1) is 11.6 Å². The van der Waals surface area contributed by atoms with Crippen LogP contribution in [0.25, 0.3) is 0 Å². The zero-order valence-electron chi connectivity index (χ0n) is 16.3. The van der Waals surface area contributed by atoms with Crippen LogP contribution in [0.3, 0.4) is 0 Å². The Hall–Kier alpha value is -0.320. The number of amides is 1. The standard InChI is InChI=1S/C20H40ClNO3/c1-2-3-4-5-6-7-10-13-20(23)22-15-17-25-19-18-24-16-12-9-8-11-14-21/h2-19H2,1H3,(H,22,23). The van der Waals surface area contributed by atoms with Gasteiger partial charge in [0.15, 0.2) is 0 Å². The van der Waals surface area contributed by atoms with Gasteiger partial charge in [0.05, 0.1) is 19.8 Å². The summed E-state index contributed by atoms with van der Waals surface area (Å²) in [7, 11) is 0. The van der Waals surface area contributed by atoms with Gasteiger partial charge < -0.3 is 14.8 Å². The molecule has 1 amide bonds. The van der Waals surface area contributed by atoms with E-state index in [4.69, 9.17) is 21.1 Å². The minimum absolute atomic E-state index is 0.144. The molecular formula is C20H40ClNO3. The summed E-state index contributed by atoms with van der Waals surface area (Å²) in [6.07, 6.45) is 13.8. The molecule has 0 aromatic heterocycles. The maximum Gasteiger partial charge on any atom is 0.220 e. The average Bonchev–Trinajstić information content (AvgIpc) is 2.62. The van der Waals surface area contributed by atoms with Crippen molar-refractivity contribution in [3.8, 4) is 0 Å². The number of carbonyl (C=O) groups is 1. The van der Waals surface area contributed by atoms with Crippen molar-refractivity contribution >= 4 is 17.5 Å². The third-order valence-corrected chi connectivity index (χ3v) is 4.39. The molecule has 0 radical (unpaired) electrons. The first kappa shape index (κ1) is 24.7.